The van der Waals surface area contributed by atoms with Crippen LogP contribution >= 0.6 is 0 Å². The third-order valence-corrected chi connectivity index (χ3v) is 17.1. The Morgan fingerprint density at radius 3 is 1.62 bits per heavy atom. The number of nitrogens with two attached hydrogens (primary N) is 3. The molecule has 1 aromatic carbocycles. The van der Waals surface area contributed by atoms with Crippen molar-refractivity contribution in [2.75, 3.05) is 26.8 Å². The topological polar surface area (TPSA) is 472 Å². The molecular weight excluding hydrogens is 1200 g/mol. The van der Waals surface area contributed by atoms with Crippen molar-refractivity contribution >= 4 is 76.7 Å². The van der Waals surface area contributed by atoms with Crippen molar-refractivity contribution in [3.05, 3.63) is 35.9 Å². The Morgan fingerprint density at radius 1 is 0.645 bits per heavy atom. The van der Waals surface area contributed by atoms with Gasteiger partial charge in [-0.05, 0) is 87.6 Å². The first-order valence-corrected chi connectivity index (χ1v) is 32.7. The highest BCUT2D eigenvalue weighted by Gasteiger charge is 2.41. The Morgan fingerprint density at radius 2 is 1.14 bits per heavy atom. The fourth-order valence-corrected chi connectivity index (χ4v) is 10.3. The largest absolute Gasteiger partial charge is 0.458 e. The van der Waals surface area contributed by atoms with Crippen LogP contribution in [0.1, 0.15) is 159 Å². The summed E-state index contributed by atoms with van der Waals surface area (Å²) in [6.45, 7) is 17.0. The van der Waals surface area contributed by atoms with Crippen LogP contribution < -0.4 is 70.4 Å². The number of guanidine groups is 1. The Kier molecular flexibility index (Phi) is 36.5. The van der Waals surface area contributed by atoms with Crippen LogP contribution in [0.4, 0.5) is 0 Å². The Hall–Kier alpha value is -7.79. The number of unbranched alkanes of at least 4 members (excludes halogenated alkanes) is 1. The van der Waals surface area contributed by atoms with Gasteiger partial charge in [0.15, 0.2) is 11.7 Å². The molecule has 16 atom stereocenters. The highest BCUT2D eigenvalue weighted by atomic mass is 16.5. The molecule has 1 aromatic rings. The molecule has 0 unspecified atom stereocenters. The Bertz CT molecular complexity index is 2660. The van der Waals surface area contributed by atoms with Crippen LogP contribution in [0.25, 0.3) is 0 Å². The summed E-state index contributed by atoms with van der Waals surface area (Å²) >= 11 is 0. The van der Waals surface area contributed by atoms with Crippen molar-refractivity contribution in [1.82, 2.24) is 53.2 Å². The summed E-state index contributed by atoms with van der Waals surface area (Å²) in [4.78, 5) is 160. The lowest BCUT2D eigenvalue weighted by Crippen LogP contribution is -2.63. The van der Waals surface area contributed by atoms with Gasteiger partial charge in [0.05, 0.1) is 25.1 Å². The smallest absolute Gasteiger partial charge is 0.329 e. The van der Waals surface area contributed by atoms with E-state index in [1.54, 1.807) is 55.5 Å². The predicted molar refractivity (Wildman–Crippen MR) is 351 cm³/mol. The molecule has 1 fully saturated rings. The number of amidine groups is 1. The van der Waals surface area contributed by atoms with Gasteiger partial charge in [-0.15, -0.1) is 0 Å². The number of ketones is 1. The molecule has 29 nitrogen and oxygen atoms in total. The van der Waals surface area contributed by atoms with Gasteiger partial charge in [0.25, 0.3) is 0 Å². The third-order valence-electron chi connectivity index (χ3n) is 17.1. The number of hydrogen-bond acceptors (Lipinski definition) is 17. The van der Waals surface area contributed by atoms with E-state index >= 15 is 0 Å². The number of carbonyl (C=O) groups is 11. The van der Waals surface area contributed by atoms with E-state index in [0.717, 1.165) is 5.56 Å². The molecule has 0 aromatic heterocycles. The highest BCUT2D eigenvalue weighted by Crippen LogP contribution is 2.22. The molecule has 19 N–H and O–H groups in total. The molecule has 2 rings (SSSR count). The van der Waals surface area contributed by atoms with E-state index in [-0.39, 0.29) is 69.2 Å². The van der Waals surface area contributed by atoms with Crippen LogP contribution in [0.2, 0.25) is 0 Å². The second-order valence-corrected chi connectivity index (χ2v) is 25.0. The molecule has 1 heterocycles. The maximum atomic E-state index is 14.6. The van der Waals surface area contributed by atoms with Gasteiger partial charge in [-0.3, -0.25) is 58.3 Å². The number of benzene rings is 1. The van der Waals surface area contributed by atoms with Gasteiger partial charge in [0, 0.05) is 25.3 Å². The number of esters is 1. The number of nitrogens with zero attached hydrogens (tertiary/aromatic N) is 1. The van der Waals surface area contributed by atoms with Crippen molar-refractivity contribution < 1.29 is 67.7 Å². The van der Waals surface area contributed by atoms with Gasteiger partial charge >= 0.3 is 5.97 Å². The van der Waals surface area contributed by atoms with E-state index in [2.05, 4.69) is 58.2 Å². The monoisotopic (exact) mass is 1310 g/mol. The summed E-state index contributed by atoms with van der Waals surface area (Å²) in [5.74, 6) is -12.8. The van der Waals surface area contributed by atoms with E-state index in [0.29, 0.717) is 32.1 Å². The van der Waals surface area contributed by atoms with Crippen LogP contribution in [0.15, 0.2) is 35.3 Å². The van der Waals surface area contributed by atoms with Gasteiger partial charge < -0.3 is 85.3 Å². The van der Waals surface area contributed by atoms with Gasteiger partial charge in [0.1, 0.15) is 60.5 Å². The fraction of sp³-hybridized carbons (Fsp3) is 0.703. The van der Waals surface area contributed by atoms with Crippen molar-refractivity contribution in [1.29, 1.82) is 5.41 Å². The highest BCUT2D eigenvalue weighted by molar-refractivity contribution is 5.99. The number of carbonyl (C=O) groups excluding carboxylic acids is 11. The minimum atomic E-state index is -1.80. The average Bonchev–Trinajstić information content (AvgIpc) is 1.82. The number of aliphatic imine (C=N–C) groups is 1. The SMILES string of the molecule is CC[C@@H](C)[C@@H](NC(=O)[C@@H](CCCCC(=N)N)NC(=O)[C@H](CO)NC(=O)[C@@H](NC(=O)[C@@H](Cc1ccccc1)NC)[C@@H](C)CC)C(=O)N[C@H](C(=O)N[C@@H](CO)C(=O)N[C@H]1C(=O)C[C@@H](CCCN=C(N)N)C(=O)N[C@@H](CC(C)C)C(=O)N[C@@H]([C@@H](C)CC)C(=O)O[C@H]1C)[C@@H](C)CC. The molecule has 93 heavy (non-hydrogen) atoms. The lowest BCUT2D eigenvalue weighted by molar-refractivity contribution is -0.157. The number of aliphatic hydroxyl groups excluding tert-OH is 2. The van der Waals surface area contributed by atoms with E-state index in [9.17, 15) is 63.0 Å². The maximum absolute atomic E-state index is 14.6. The minimum absolute atomic E-state index is 0.0393. The first-order chi connectivity index (χ1) is 43.9. The Labute approximate surface area is 547 Å². The zero-order valence-corrected chi connectivity index (χ0v) is 56.5. The zero-order valence-electron chi connectivity index (χ0n) is 56.5. The first kappa shape index (κ1) is 81.3. The van der Waals surface area contributed by atoms with Gasteiger partial charge in [-0.2, -0.15) is 0 Å². The summed E-state index contributed by atoms with van der Waals surface area (Å²) in [5, 5.41) is 55.8. The van der Waals surface area contributed by atoms with Crippen molar-refractivity contribution in [3.63, 3.8) is 0 Å². The molecule has 1 saturated heterocycles. The number of nitrogens with one attached hydrogen (secondary N) is 11. The number of amides is 9. The number of likely N-dealkylation sites (N-methyl/N-ethyl adjacent to an activating group) is 1. The molecule has 0 bridgehead atoms. The maximum Gasteiger partial charge on any atom is 0.329 e. The van der Waals surface area contributed by atoms with Gasteiger partial charge in [0.2, 0.25) is 53.2 Å². The van der Waals surface area contributed by atoms with Crippen LogP contribution in [-0.4, -0.2) is 180 Å². The molecule has 0 spiro atoms. The summed E-state index contributed by atoms with van der Waals surface area (Å²) < 4.78 is 5.84. The number of cyclic esters (lactones) is 1. The molecule has 1 aliphatic rings. The normalized spacial score (nSPS) is 20.7. The lowest BCUT2D eigenvalue weighted by Gasteiger charge is -2.31. The number of Topliss-reactive ketones (excluding diaryl/α,β-unsaturated/α-hetero) is 1. The number of aliphatic hydroxyl groups is 2. The summed E-state index contributed by atoms with van der Waals surface area (Å²) in [6.07, 6.45) is 0.822. The molecule has 524 valence electrons. The van der Waals surface area contributed by atoms with Crippen molar-refractivity contribution in [3.8, 4) is 0 Å². The summed E-state index contributed by atoms with van der Waals surface area (Å²) in [6, 6.07) is -4.31. The minimum Gasteiger partial charge on any atom is -0.458 e. The Balaban J connectivity index is 2.51. The van der Waals surface area contributed by atoms with Crippen LogP contribution in [-0.2, 0) is 63.9 Å². The fourth-order valence-electron chi connectivity index (χ4n) is 10.3. The lowest BCUT2D eigenvalue weighted by atomic mass is 9.91. The summed E-state index contributed by atoms with van der Waals surface area (Å²) in [7, 11) is 1.61. The molecule has 9 amide bonds. The molecular formula is C64H109N15O14. The third kappa shape index (κ3) is 27.4. The van der Waals surface area contributed by atoms with Crippen LogP contribution in [0.5, 0.6) is 0 Å². The second-order valence-electron chi connectivity index (χ2n) is 25.0. The van der Waals surface area contributed by atoms with Crippen LogP contribution in [0.3, 0.4) is 0 Å². The predicted octanol–water partition coefficient (Wildman–Crippen LogP) is -0.534. The molecule has 0 saturated carbocycles. The van der Waals surface area contributed by atoms with E-state index in [1.807, 2.05) is 51.1 Å². The van der Waals surface area contributed by atoms with E-state index < -0.39 is 181 Å². The standard InChI is InChI=1S/C64H109N15O14/c1-13-35(7)49(76-56(85)43(69-12)30-40-23-18-17-19-24-40)60(89)73-45(32-80)58(87)71-42(26-20-21-27-48(65)66)55(84)75-51(37(9)15-3)62(91)77-50(36(8)14-2)61(90)74-46(33-81)59(88)79-53-39(11)93-63(92)52(38(10)16-4)78-57(86)44(29-34(5)6)72-54(83)41(31-47(53)82)25-22-28-70-64(67)68/h17-19,23-24,34-39,41-46,49-53,69,80-81H,13-16,20-22,25-33H2,1-12H3,(H3,65,66)(H,71,87)(H,72,83)(H,73,89)(H,74,90)(H,75,84)(H,76,85)(H,77,91)(H,78,86)(H,79,88)(H4,67,68,70)/t35-,36-,37+,38-,39-,41+,42+,43+,44-,45-,46-,49-,50-,51+,52-,53+/m0/s1. The summed E-state index contributed by atoms with van der Waals surface area (Å²) in [5.41, 5.74) is 17.5. The molecule has 0 aliphatic carbocycles. The van der Waals surface area contributed by atoms with Crippen molar-refractivity contribution in [2.24, 2.45) is 57.7 Å². The van der Waals surface area contributed by atoms with Gasteiger partial charge in [-0.25, -0.2) is 4.79 Å². The average molecular weight is 1310 g/mol. The van der Waals surface area contributed by atoms with E-state index in [4.69, 9.17) is 27.3 Å². The number of rotatable bonds is 38. The molecule has 0 radical (unpaired) electrons. The van der Waals surface area contributed by atoms with Gasteiger partial charge in [-0.1, -0.05) is 132 Å². The van der Waals surface area contributed by atoms with Crippen LogP contribution in [0, 0.1) is 40.9 Å². The number of hydrogen-bond donors (Lipinski definition) is 16. The quantitative estimate of drug-likeness (QED) is 0.0171. The first-order valence-electron chi connectivity index (χ1n) is 32.7. The molecule has 1 aliphatic heterocycles. The number of ether oxygens (including phenoxy) is 1. The molecule has 29 heteroatoms. The zero-order chi connectivity index (χ0) is 70.2. The van der Waals surface area contributed by atoms with Crippen molar-refractivity contribution in [2.45, 2.75) is 226 Å². The second kappa shape index (κ2) is 41.7. The van der Waals surface area contributed by atoms with E-state index in [1.165, 1.54) is 6.92 Å².